The predicted molar refractivity (Wildman–Crippen MR) is 72.0 cm³/mol. The number of anilines is 1. The van der Waals surface area contributed by atoms with Gasteiger partial charge in [0.25, 0.3) is 0 Å². The molecular formula is C14H22N2O. The fraction of sp³-hybridized carbons (Fsp3) is 0.571. The number of aryl methyl sites for hydroxylation is 1. The fourth-order valence-corrected chi connectivity index (χ4v) is 2.11. The summed E-state index contributed by atoms with van der Waals surface area (Å²) in [6, 6.07) is 6.45. The van der Waals surface area contributed by atoms with Crippen molar-refractivity contribution in [3.8, 4) is 5.75 Å². The maximum absolute atomic E-state index is 5.83. The van der Waals surface area contributed by atoms with Crippen molar-refractivity contribution in [3.63, 3.8) is 0 Å². The van der Waals surface area contributed by atoms with Gasteiger partial charge in [0.05, 0.1) is 12.3 Å². The van der Waals surface area contributed by atoms with Gasteiger partial charge < -0.3 is 15.0 Å². The predicted octanol–water partition coefficient (Wildman–Crippen LogP) is 2.19. The van der Waals surface area contributed by atoms with E-state index in [0.717, 1.165) is 45.0 Å². The third kappa shape index (κ3) is 3.13. The van der Waals surface area contributed by atoms with E-state index < -0.39 is 0 Å². The SMILES string of the molecule is CCCOc1ccc(C)cc1N1CCNCC1. The monoisotopic (exact) mass is 234 g/mol. The van der Waals surface area contributed by atoms with Gasteiger partial charge in [0.2, 0.25) is 0 Å². The highest BCUT2D eigenvalue weighted by molar-refractivity contribution is 5.60. The molecule has 0 spiro atoms. The number of rotatable bonds is 4. The fourth-order valence-electron chi connectivity index (χ4n) is 2.11. The molecule has 1 aromatic carbocycles. The number of benzene rings is 1. The van der Waals surface area contributed by atoms with E-state index in [2.05, 4.69) is 42.3 Å². The van der Waals surface area contributed by atoms with E-state index in [1.807, 2.05) is 0 Å². The molecule has 0 saturated carbocycles. The Morgan fingerprint density at radius 2 is 2.06 bits per heavy atom. The van der Waals surface area contributed by atoms with Crippen molar-refractivity contribution in [2.75, 3.05) is 37.7 Å². The Bertz CT molecular complexity index is 359. The van der Waals surface area contributed by atoms with Gasteiger partial charge in [-0.3, -0.25) is 0 Å². The van der Waals surface area contributed by atoms with Crippen molar-refractivity contribution >= 4 is 5.69 Å². The normalized spacial score (nSPS) is 16.0. The zero-order valence-corrected chi connectivity index (χ0v) is 10.8. The summed E-state index contributed by atoms with van der Waals surface area (Å²) in [7, 11) is 0. The van der Waals surface area contributed by atoms with Crippen molar-refractivity contribution in [2.45, 2.75) is 20.3 Å². The van der Waals surface area contributed by atoms with E-state index in [1.54, 1.807) is 0 Å². The van der Waals surface area contributed by atoms with Gasteiger partial charge in [0, 0.05) is 26.2 Å². The van der Waals surface area contributed by atoms with Gasteiger partial charge in [-0.15, -0.1) is 0 Å². The second kappa shape index (κ2) is 5.92. The zero-order valence-electron chi connectivity index (χ0n) is 10.8. The minimum absolute atomic E-state index is 0.794. The molecule has 0 aliphatic carbocycles. The lowest BCUT2D eigenvalue weighted by Gasteiger charge is -2.31. The zero-order chi connectivity index (χ0) is 12.1. The van der Waals surface area contributed by atoms with Crippen LogP contribution in [-0.2, 0) is 0 Å². The van der Waals surface area contributed by atoms with E-state index in [0.29, 0.717) is 0 Å². The number of piperazine rings is 1. The molecule has 94 valence electrons. The Labute approximate surface area is 104 Å². The van der Waals surface area contributed by atoms with Gasteiger partial charge in [-0.1, -0.05) is 13.0 Å². The van der Waals surface area contributed by atoms with Crippen LogP contribution >= 0.6 is 0 Å². The molecule has 1 saturated heterocycles. The molecule has 0 bridgehead atoms. The molecule has 0 radical (unpaired) electrons. The summed E-state index contributed by atoms with van der Waals surface area (Å²) in [4.78, 5) is 2.41. The molecule has 1 aromatic rings. The summed E-state index contributed by atoms with van der Waals surface area (Å²) in [6.45, 7) is 9.30. The van der Waals surface area contributed by atoms with Crippen LogP contribution in [0, 0.1) is 6.92 Å². The second-order valence-electron chi connectivity index (χ2n) is 4.56. The van der Waals surface area contributed by atoms with Crippen molar-refractivity contribution in [1.29, 1.82) is 0 Å². The Morgan fingerprint density at radius 3 is 2.76 bits per heavy atom. The number of hydrogen-bond donors (Lipinski definition) is 1. The smallest absolute Gasteiger partial charge is 0.142 e. The molecule has 1 aliphatic rings. The number of hydrogen-bond acceptors (Lipinski definition) is 3. The van der Waals surface area contributed by atoms with Crippen LogP contribution in [-0.4, -0.2) is 32.8 Å². The Hall–Kier alpha value is -1.22. The molecule has 1 heterocycles. The van der Waals surface area contributed by atoms with Gasteiger partial charge >= 0.3 is 0 Å². The quantitative estimate of drug-likeness (QED) is 0.864. The van der Waals surface area contributed by atoms with E-state index >= 15 is 0 Å². The highest BCUT2D eigenvalue weighted by Gasteiger charge is 2.15. The molecule has 0 atom stereocenters. The first kappa shape index (κ1) is 12.2. The molecule has 2 rings (SSSR count). The van der Waals surface area contributed by atoms with Gasteiger partial charge in [0.1, 0.15) is 5.75 Å². The minimum Gasteiger partial charge on any atom is -0.491 e. The number of ether oxygens (including phenoxy) is 1. The highest BCUT2D eigenvalue weighted by Crippen LogP contribution is 2.29. The van der Waals surface area contributed by atoms with Crippen molar-refractivity contribution < 1.29 is 4.74 Å². The summed E-state index contributed by atoms with van der Waals surface area (Å²) in [5.41, 5.74) is 2.54. The van der Waals surface area contributed by atoms with Gasteiger partial charge in [-0.05, 0) is 31.0 Å². The Kier molecular flexibility index (Phi) is 4.26. The lowest BCUT2D eigenvalue weighted by atomic mass is 10.1. The van der Waals surface area contributed by atoms with E-state index in [-0.39, 0.29) is 0 Å². The second-order valence-corrected chi connectivity index (χ2v) is 4.56. The third-order valence-electron chi connectivity index (χ3n) is 3.03. The summed E-state index contributed by atoms with van der Waals surface area (Å²) in [6.07, 6.45) is 1.05. The van der Waals surface area contributed by atoms with Gasteiger partial charge in [-0.25, -0.2) is 0 Å². The van der Waals surface area contributed by atoms with Gasteiger partial charge in [-0.2, -0.15) is 0 Å². The summed E-state index contributed by atoms with van der Waals surface area (Å²) in [5.74, 6) is 1.03. The first-order valence-electron chi connectivity index (χ1n) is 6.50. The highest BCUT2D eigenvalue weighted by atomic mass is 16.5. The van der Waals surface area contributed by atoms with E-state index in [4.69, 9.17) is 4.74 Å². The van der Waals surface area contributed by atoms with Crippen LogP contribution in [0.1, 0.15) is 18.9 Å². The lowest BCUT2D eigenvalue weighted by Crippen LogP contribution is -2.43. The minimum atomic E-state index is 0.794. The Balaban J connectivity index is 2.19. The summed E-state index contributed by atoms with van der Waals surface area (Å²) in [5, 5.41) is 3.38. The summed E-state index contributed by atoms with van der Waals surface area (Å²) >= 11 is 0. The molecule has 3 heteroatoms. The average Bonchev–Trinajstić information content (AvgIpc) is 2.38. The van der Waals surface area contributed by atoms with Gasteiger partial charge in [0.15, 0.2) is 0 Å². The van der Waals surface area contributed by atoms with Crippen molar-refractivity contribution in [2.24, 2.45) is 0 Å². The van der Waals surface area contributed by atoms with E-state index in [9.17, 15) is 0 Å². The molecule has 1 aliphatic heterocycles. The molecule has 0 amide bonds. The molecule has 0 aromatic heterocycles. The lowest BCUT2D eigenvalue weighted by molar-refractivity contribution is 0.317. The third-order valence-corrected chi connectivity index (χ3v) is 3.03. The summed E-state index contributed by atoms with van der Waals surface area (Å²) < 4.78 is 5.83. The van der Waals surface area contributed by atoms with E-state index in [1.165, 1.54) is 11.3 Å². The molecule has 1 N–H and O–H groups in total. The van der Waals surface area contributed by atoms with Crippen LogP contribution in [0.25, 0.3) is 0 Å². The first-order chi connectivity index (χ1) is 8.31. The van der Waals surface area contributed by atoms with Crippen LogP contribution in [0.5, 0.6) is 5.75 Å². The van der Waals surface area contributed by atoms with Crippen molar-refractivity contribution in [1.82, 2.24) is 5.32 Å². The Morgan fingerprint density at radius 1 is 1.29 bits per heavy atom. The topological polar surface area (TPSA) is 24.5 Å². The maximum atomic E-state index is 5.83. The van der Waals surface area contributed by atoms with Crippen LogP contribution in [0.3, 0.4) is 0 Å². The first-order valence-corrected chi connectivity index (χ1v) is 6.50. The number of nitrogens with zero attached hydrogens (tertiary/aromatic N) is 1. The molecular weight excluding hydrogens is 212 g/mol. The van der Waals surface area contributed by atoms with Crippen LogP contribution in [0.4, 0.5) is 5.69 Å². The maximum Gasteiger partial charge on any atom is 0.142 e. The largest absolute Gasteiger partial charge is 0.491 e. The molecule has 17 heavy (non-hydrogen) atoms. The van der Waals surface area contributed by atoms with Crippen LogP contribution in [0.15, 0.2) is 18.2 Å². The van der Waals surface area contributed by atoms with Crippen LogP contribution in [0.2, 0.25) is 0 Å². The molecule has 0 unspecified atom stereocenters. The standard InChI is InChI=1S/C14H22N2O/c1-3-10-17-14-5-4-12(2)11-13(14)16-8-6-15-7-9-16/h4-5,11,15H,3,6-10H2,1-2H3. The molecule has 1 fully saturated rings. The average molecular weight is 234 g/mol. The number of nitrogens with one attached hydrogen (secondary N) is 1. The molecule has 3 nitrogen and oxygen atoms in total. The van der Waals surface area contributed by atoms with Crippen LogP contribution < -0.4 is 15.0 Å². The van der Waals surface area contributed by atoms with Crippen molar-refractivity contribution in [3.05, 3.63) is 23.8 Å².